The van der Waals surface area contributed by atoms with E-state index in [1.165, 1.54) is 4.72 Å². The van der Waals surface area contributed by atoms with Crippen molar-refractivity contribution in [2.24, 2.45) is 0 Å². The third kappa shape index (κ3) is 3.89. The molecule has 0 fully saturated rings. The summed E-state index contributed by atoms with van der Waals surface area (Å²) < 4.78 is 110. The van der Waals surface area contributed by atoms with Crippen LogP contribution in [-0.4, -0.2) is 45.1 Å². The molecule has 0 aliphatic rings. The Kier molecular flexibility index (Phi) is 6.79. The summed E-state index contributed by atoms with van der Waals surface area (Å²) in [5, 5.41) is 0. The van der Waals surface area contributed by atoms with Crippen LogP contribution >= 0.6 is 0 Å². The molecule has 132 valence electrons. The minimum absolute atomic E-state index is 0. The first kappa shape index (κ1) is 21.6. The van der Waals surface area contributed by atoms with E-state index in [4.69, 9.17) is 0 Å². The third-order valence-electron chi connectivity index (χ3n) is 2.87. The van der Waals surface area contributed by atoms with Crippen molar-refractivity contribution in [1.82, 2.24) is 0 Å². The van der Waals surface area contributed by atoms with Gasteiger partial charge in [-0.2, -0.15) is 0 Å². The van der Waals surface area contributed by atoms with Crippen molar-refractivity contribution < 1.29 is 39.5 Å². The minimum atomic E-state index is -5.33. The van der Waals surface area contributed by atoms with Crippen molar-refractivity contribution in [1.29, 1.82) is 0 Å². The Labute approximate surface area is 160 Å². The standard InChI is InChI=1S/C13H7F6NO3S.Na.H/c1-23-6-4-2-3-5(7(6)14)20-24(21,22)13-11(18)9(16)8(15)10(17)12(13)19;;/h2-4,20H,1H3;;. The molecule has 0 spiro atoms. The molecule has 25 heavy (non-hydrogen) atoms. The van der Waals surface area contributed by atoms with Gasteiger partial charge in [0.1, 0.15) is 0 Å². The number of halogens is 6. The Morgan fingerprint density at radius 1 is 0.840 bits per heavy atom. The van der Waals surface area contributed by atoms with Gasteiger partial charge in [-0.1, -0.05) is 6.07 Å². The zero-order valence-electron chi connectivity index (χ0n) is 11.6. The first-order valence-corrected chi connectivity index (χ1v) is 7.47. The van der Waals surface area contributed by atoms with Gasteiger partial charge < -0.3 is 4.74 Å². The van der Waals surface area contributed by atoms with Gasteiger partial charge in [0.25, 0.3) is 10.0 Å². The van der Waals surface area contributed by atoms with Gasteiger partial charge in [0.2, 0.25) is 5.82 Å². The van der Waals surface area contributed by atoms with E-state index in [1.54, 1.807) is 0 Å². The van der Waals surface area contributed by atoms with Crippen LogP contribution in [-0.2, 0) is 10.0 Å². The van der Waals surface area contributed by atoms with Crippen LogP contribution in [0.1, 0.15) is 0 Å². The van der Waals surface area contributed by atoms with Crippen molar-refractivity contribution in [3.63, 3.8) is 0 Å². The molecular weight excluding hydrogens is 387 g/mol. The van der Waals surface area contributed by atoms with Crippen LogP contribution in [0.25, 0.3) is 0 Å². The molecule has 4 nitrogen and oxygen atoms in total. The summed E-state index contributed by atoms with van der Waals surface area (Å²) in [5.74, 6) is -14.2. The summed E-state index contributed by atoms with van der Waals surface area (Å²) in [4.78, 5) is -2.12. The van der Waals surface area contributed by atoms with E-state index in [9.17, 15) is 34.8 Å². The summed E-state index contributed by atoms with van der Waals surface area (Å²) in [5.41, 5.74) is -0.807. The van der Waals surface area contributed by atoms with Gasteiger partial charge in [-0.3, -0.25) is 4.72 Å². The molecule has 0 heterocycles. The van der Waals surface area contributed by atoms with E-state index < -0.39 is 61.3 Å². The Morgan fingerprint density at radius 2 is 1.32 bits per heavy atom. The Hall–Kier alpha value is -1.43. The molecule has 0 unspecified atom stereocenters. The van der Waals surface area contributed by atoms with E-state index >= 15 is 0 Å². The van der Waals surface area contributed by atoms with Gasteiger partial charge in [0, 0.05) is 0 Å². The second-order valence-corrected chi connectivity index (χ2v) is 5.95. The van der Waals surface area contributed by atoms with Crippen molar-refractivity contribution in [3.05, 3.63) is 53.1 Å². The van der Waals surface area contributed by atoms with Crippen LogP contribution in [0.2, 0.25) is 0 Å². The van der Waals surface area contributed by atoms with Gasteiger partial charge in [0.15, 0.2) is 39.7 Å². The first-order chi connectivity index (χ1) is 11.1. The molecule has 0 atom stereocenters. The van der Waals surface area contributed by atoms with Gasteiger partial charge in [-0.25, -0.2) is 34.8 Å². The topological polar surface area (TPSA) is 55.4 Å². The number of nitrogens with one attached hydrogen (secondary N) is 1. The predicted molar refractivity (Wildman–Crippen MR) is 77.1 cm³/mol. The predicted octanol–water partition coefficient (Wildman–Crippen LogP) is 2.68. The van der Waals surface area contributed by atoms with Crippen LogP contribution in [0.5, 0.6) is 5.75 Å². The van der Waals surface area contributed by atoms with Crippen LogP contribution in [0, 0.1) is 34.9 Å². The average Bonchev–Trinajstić information content (AvgIpc) is 2.52. The molecule has 2 rings (SSSR count). The summed E-state index contributed by atoms with van der Waals surface area (Å²) in [6, 6.07) is 3.12. The second kappa shape index (κ2) is 7.85. The zero-order valence-corrected chi connectivity index (χ0v) is 12.4. The molecule has 0 aromatic heterocycles. The number of methoxy groups -OCH3 is 1. The monoisotopic (exact) mass is 395 g/mol. The fourth-order valence-electron chi connectivity index (χ4n) is 1.76. The molecule has 2 aromatic carbocycles. The SMILES string of the molecule is COc1cccc(NS(=O)(=O)c2c(F)c(F)c(F)c(F)c2F)c1F.[NaH]. The van der Waals surface area contributed by atoms with Gasteiger partial charge in [-0.15, -0.1) is 0 Å². The van der Waals surface area contributed by atoms with Crippen molar-refractivity contribution in [2.75, 3.05) is 11.8 Å². The number of ether oxygens (including phenoxy) is 1. The van der Waals surface area contributed by atoms with E-state index in [-0.39, 0.29) is 29.6 Å². The first-order valence-electron chi connectivity index (χ1n) is 5.98. The quantitative estimate of drug-likeness (QED) is 0.375. The van der Waals surface area contributed by atoms with Crippen LogP contribution in [0.3, 0.4) is 0 Å². The fraction of sp³-hybridized carbons (Fsp3) is 0.0769. The van der Waals surface area contributed by atoms with Crippen LogP contribution < -0.4 is 9.46 Å². The molecule has 0 aliphatic carbocycles. The number of hydrogen-bond acceptors (Lipinski definition) is 3. The molecule has 0 saturated heterocycles. The van der Waals surface area contributed by atoms with Crippen LogP contribution in [0.15, 0.2) is 23.1 Å². The molecule has 12 heteroatoms. The normalized spacial score (nSPS) is 11.0. The molecule has 0 radical (unpaired) electrons. The molecule has 0 amide bonds. The van der Waals surface area contributed by atoms with Crippen molar-refractivity contribution in [3.8, 4) is 5.75 Å². The fourth-order valence-corrected chi connectivity index (χ4v) is 2.96. The van der Waals surface area contributed by atoms with Gasteiger partial charge in [-0.05, 0) is 12.1 Å². The second-order valence-electron chi connectivity index (χ2n) is 4.33. The molecule has 0 bridgehead atoms. The molecule has 1 N–H and O–H groups in total. The third-order valence-corrected chi connectivity index (χ3v) is 4.25. The van der Waals surface area contributed by atoms with Crippen molar-refractivity contribution in [2.45, 2.75) is 4.90 Å². The molecular formula is C13H8F6NNaO3S. The van der Waals surface area contributed by atoms with Gasteiger partial charge >= 0.3 is 29.6 Å². The maximum absolute atomic E-state index is 13.9. The van der Waals surface area contributed by atoms with Crippen molar-refractivity contribution >= 4 is 45.3 Å². The molecule has 2 aromatic rings. The van der Waals surface area contributed by atoms with E-state index in [0.29, 0.717) is 0 Å². The Balaban J connectivity index is 0.00000312. The average molecular weight is 395 g/mol. The zero-order chi connectivity index (χ0) is 18.2. The molecule has 0 saturated carbocycles. The Bertz CT molecular complexity index is 893. The Morgan fingerprint density at radius 3 is 1.80 bits per heavy atom. The number of hydrogen-bond donors (Lipinski definition) is 1. The van der Waals surface area contributed by atoms with E-state index in [1.807, 2.05) is 0 Å². The van der Waals surface area contributed by atoms with Crippen LogP contribution in [0.4, 0.5) is 32.0 Å². The number of rotatable bonds is 4. The van der Waals surface area contributed by atoms with E-state index in [2.05, 4.69) is 4.74 Å². The van der Waals surface area contributed by atoms with E-state index in [0.717, 1.165) is 25.3 Å². The number of sulfonamides is 1. The van der Waals surface area contributed by atoms with Gasteiger partial charge in [0.05, 0.1) is 12.8 Å². The summed E-state index contributed by atoms with van der Waals surface area (Å²) in [7, 11) is -4.26. The summed E-state index contributed by atoms with van der Waals surface area (Å²) in [6.45, 7) is 0. The number of benzene rings is 2. The molecule has 0 aliphatic heterocycles. The maximum atomic E-state index is 13.9. The number of anilines is 1. The summed E-state index contributed by atoms with van der Waals surface area (Å²) in [6.07, 6.45) is 0. The summed E-state index contributed by atoms with van der Waals surface area (Å²) >= 11 is 0.